The molecule has 0 N–H and O–H groups in total. The van der Waals surface area contributed by atoms with Gasteiger partial charge in [-0.25, -0.2) is 0 Å². The van der Waals surface area contributed by atoms with Gasteiger partial charge in [-0.15, -0.1) is 0 Å². The molecule has 2 atom stereocenters. The summed E-state index contributed by atoms with van der Waals surface area (Å²) >= 11 is 0. The zero-order valence-corrected chi connectivity index (χ0v) is 21.8. The molecule has 0 bridgehead atoms. The van der Waals surface area contributed by atoms with Gasteiger partial charge < -0.3 is 13.6 Å². The highest BCUT2D eigenvalue weighted by Gasteiger charge is 2.43. The van der Waals surface area contributed by atoms with Crippen LogP contribution in [0.1, 0.15) is 73.1 Å². The molecule has 1 fully saturated rings. The van der Waals surface area contributed by atoms with E-state index in [9.17, 15) is 0 Å². The molecule has 0 aromatic rings. The van der Waals surface area contributed by atoms with Crippen LogP contribution in [-0.2, 0) is 13.6 Å². The molecule has 1 aliphatic rings. The van der Waals surface area contributed by atoms with Crippen molar-refractivity contribution in [3.8, 4) is 0 Å². The van der Waals surface area contributed by atoms with Gasteiger partial charge >= 0.3 is 0 Å². The molecule has 27 heavy (non-hydrogen) atoms. The van der Waals surface area contributed by atoms with Crippen molar-refractivity contribution in [3.05, 3.63) is 11.5 Å². The molecule has 1 saturated carbocycles. The summed E-state index contributed by atoms with van der Waals surface area (Å²) in [5.74, 6) is 1.34. The van der Waals surface area contributed by atoms with E-state index in [1.807, 2.05) is 0 Å². The Morgan fingerprint density at radius 1 is 1.04 bits per heavy atom. The molecular formula is C22H46O3Si2. The molecule has 3 nitrogen and oxygen atoms in total. The maximum atomic E-state index is 6.94. The minimum atomic E-state index is -1.86. The number of unbranched alkanes of at least 4 members (excludes halogenated alkanes) is 1. The van der Waals surface area contributed by atoms with E-state index in [0.717, 1.165) is 12.4 Å². The smallest absolute Gasteiger partial charge is 0.267 e. The van der Waals surface area contributed by atoms with Crippen molar-refractivity contribution in [3.63, 3.8) is 0 Å². The maximum Gasteiger partial charge on any atom is 0.267 e. The third-order valence-electron chi connectivity index (χ3n) is 5.86. The maximum absolute atomic E-state index is 6.94. The number of hydrogen-bond donors (Lipinski definition) is 0. The van der Waals surface area contributed by atoms with Crippen LogP contribution in [0.2, 0.25) is 37.8 Å². The van der Waals surface area contributed by atoms with Crippen LogP contribution in [0.4, 0.5) is 0 Å². The van der Waals surface area contributed by atoms with Gasteiger partial charge in [0.05, 0.1) is 12.7 Å². The first kappa shape index (κ1) is 24.8. The Labute approximate surface area is 171 Å². The zero-order valence-electron chi connectivity index (χ0n) is 19.8. The molecule has 1 rings (SSSR count). The molecule has 0 saturated heterocycles. The Balaban J connectivity index is 3.33. The largest absolute Gasteiger partial charge is 0.520 e. The summed E-state index contributed by atoms with van der Waals surface area (Å²) < 4.78 is 19.6. The second kappa shape index (κ2) is 9.97. The van der Waals surface area contributed by atoms with Gasteiger partial charge in [-0.1, -0.05) is 40.5 Å². The van der Waals surface area contributed by atoms with E-state index in [2.05, 4.69) is 67.4 Å². The Morgan fingerprint density at radius 2 is 1.67 bits per heavy atom. The monoisotopic (exact) mass is 414 g/mol. The molecule has 0 aliphatic heterocycles. The second-order valence-corrected chi connectivity index (χ2v) is 19.7. The van der Waals surface area contributed by atoms with Crippen LogP contribution in [0.25, 0.3) is 0 Å². The molecule has 0 heterocycles. The fourth-order valence-electron chi connectivity index (χ4n) is 3.41. The van der Waals surface area contributed by atoms with E-state index in [0.29, 0.717) is 12.5 Å². The predicted octanol–water partition coefficient (Wildman–Crippen LogP) is 7.47. The lowest BCUT2D eigenvalue weighted by molar-refractivity contribution is 0.0789. The molecule has 0 spiro atoms. The standard InChI is InChI=1S/C22H46O3Si2/c1-11-13-15-18-16-14-17-19(24-27(9,10)22(3,4)5)20(18)21(23-12-2)25-26(6,7)8/h18-19H,11-17H2,1-10H3/b21-20-/t18-,19-/m0/s1. The van der Waals surface area contributed by atoms with Gasteiger partial charge in [-0.2, -0.15) is 0 Å². The SMILES string of the molecule is CCCC[C@H]1CCC[C@H](O[Si](C)(C)C(C)(C)C)/C1=C(/OCC)O[Si](C)(C)C. The van der Waals surface area contributed by atoms with Gasteiger partial charge in [-0.05, 0) is 76.3 Å². The fraction of sp³-hybridized carbons (Fsp3) is 0.909. The lowest BCUT2D eigenvalue weighted by atomic mass is 9.80. The van der Waals surface area contributed by atoms with Crippen LogP contribution >= 0.6 is 0 Å². The summed E-state index contributed by atoms with van der Waals surface area (Å²) in [5.41, 5.74) is 1.34. The van der Waals surface area contributed by atoms with E-state index in [4.69, 9.17) is 13.6 Å². The third kappa shape index (κ3) is 7.58. The minimum absolute atomic E-state index is 0.152. The third-order valence-corrected chi connectivity index (χ3v) is 11.1. The number of ether oxygens (including phenoxy) is 1. The highest BCUT2D eigenvalue weighted by atomic mass is 28.4. The Hall–Kier alpha value is -0.266. The molecule has 1 aliphatic carbocycles. The molecule has 0 unspecified atom stereocenters. The average molecular weight is 415 g/mol. The van der Waals surface area contributed by atoms with E-state index in [-0.39, 0.29) is 11.1 Å². The summed E-state index contributed by atoms with van der Waals surface area (Å²) in [7, 11) is -3.61. The number of hydrogen-bond acceptors (Lipinski definition) is 3. The highest BCUT2D eigenvalue weighted by molar-refractivity contribution is 6.74. The second-order valence-electron chi connectivity index (χ2n) is 10.5. The average Bonchev–Trinajstić information content (AvgIpc) is 2.50. The molecule has 0 aromatic carbocycles. The van der Waals surface area contributed by atoms with Crippen molar-refractivity contribution >= 4 is 16.6 Å². The molecule has 0 amide bonds. The lowest BCUT2D eigenvalue weighted by Crippen LogP contribution is -2.46. The molecule has 0 aromatic heterocycles. The topological polar surface area (TPSA) is 27.7 Å². The summed E-state index contributed by atoms with van der Waals surface area (Å²) in [5, 5.41) is 0.208. The summed E-state index contributed by atoms with van der Waals surface area (Å²) in [6, 6.07) is 0. The van der Waals surface area contributed by atoms with Crippen molar-refractivity contribution in [2.75, 3.05) is 6.61 Å². The van der Waals surface area contributed by atoms with E-state index in [1.54, 1.807) is 0 Å². The van der Waals surface area contributed by atoms with Crippen LogP contribution in [0.3, 0.4) is 0 Å². The normalized spacial score (nSPS) is 23.9. The number of rotatable bonds is 9. The van der Waals surface area contributed by atoms with Crippen LogP contribution in [-0.4, -0.2) is 29.3 Å². The van der Waals surface area contributed by atoms with E-state index in [1.165, 1.54) is 37.7 Å². The molecule has 5 heteroatoms. The molecule has 160 valence electrons. The highest BCUT2D eigenvalue weighted by Crippen LogP contribution is 2.43. The molecule has 0 radical (unpaired) electrons. The van der Waals surface area contributed by atoms with Crippen molar-refractivity contribution in [2.45, 2.75) is 117 Å². The van der Waals surface area contributed by atoms with Crippen LogP contribution in [0.15, 0.2) is 11.5 Å². The lowest BCUT2D eigenvalue weighted by Gasteiger charge is -2.43. The first-order valence-electron chi connectivity index (χ1n) is 11.1. The first-order chi connectivity index (χ1) is 12.3. The Morgan fingerprint density at radius 3 is 2.15 bits per heavy atom. The van der Waals surface area contributed by atoms with Crippen molar-refractivity contribution in [2.24, 2.45) is 5.92 Å². The fourth-order valence-corrected chi connectivity index (χ4v) is 5.45. The molecular weight excluding hydrogens is 368 g/mol. The Bertz CT molecular complexity index is 487. The van der Waals surface area contributed by atoms with Crippen LogP contribution in [0.5, 0.6) is 0 Å². The first-order valence-corrected chi connectivity index (χ1v) is 17.4. The van der Waals surface area contributed by atoms with Gasteiger partial charge in [0.25, 0.3) is 5.95 Å². The summed E-state index contributed by atoms with van der Waals surface area (Å²) in [4.78, 5) is 0. The van der Waals surface area contributed by atoms with Gasteiger partial charge in [0.1, 0.15) is 0 Å². The van der Waals surface area contributed by atoms with Crippen molar-refractivity contribution in [1.29, 1.82) is 0 Å². The van der Waals surface area contributed by atoms with E-state index >= 15 is 0 Å². The van der Waals surface area contributed by atoms with Crippen molar-refractivity contribution in [1.82, 2.24) is 0 Å². The predicted molar refractivity (Wildman–Crippen MR) is 122 cm³/mol. The summed E-state index contributed by atoms with van der Waals surface area (Å²) in [6.45, 7) is 23.4. The van der Waals surface area contributed by atoms with Crippen LogP contribution < -0.4 is 0 Å². The summed E-state index contributed by atoms with van der Waals surface area (Å²) in [6.07, 6.45) is 7.43. The van der Waals surface area contributed by atoms with Gasteiger partial charge in [0.15, 0.2) is 8.32 Å². The van der Waals surface area contributed by atoms with Gasteiger partial charge in [0.2, 0.25) is 8.32 Å². The van der Waals surface area contributed by atoms with Gasteiger partial charge in [-0.3, -0.25) is 0 Å². The Kier molecular flexibility index (Phi) is 9.15. The zero-order chi connectivity index (χ0) is 20.9. The van der Waals surface area contributed by atoms with Crippen molar-refractivity contribution < 1.29 is 13.6 Å². The van der Waals surface area contributed by atoms with Crippen LogP contribution in [0, 0.1) is 5.92 Å². The quantitative estimate of drug-likeness (QED) is 0.289. The minimum Gasteiger partial charge on any atom is -0.520 e. The van der Waals surface area contributed by atoms with E-state index < -0.39 is 16.6 Å². The van der Waals surface area contributed by atoms with Gasteiger partial charge in [0, 0.05) is 5.57 Å².